The summed E-state index contributed by atoms with van der Waals surface area (Å²) >= 11 is 3.40. The standard InChI is InChI=1S/C28H32BrN3O4S/c1-4-30-28(34)26(18-22-13-6-5-7-14-22)31(19-23-15-9-8-12-21(23)2)27(33)20-32(37(3,35)36)25-17-11-10-16-24(25)29/h5-17,26H,4,18-20H2,1-3H3,(H,30,34)/t26-/m1/s1. The largest absolute Gasteiger partial charge is 0.355 e. The summed E-state index contributed by atoms with van der Waals surface area (Å²) in [4.78, 5) is 28.8. The molecule has 7 nitrogen and oxygen atoms in total. The zero-order valence-corrected chi connectivity index (χ0v) is 23.6. The number of carbonyl (C=O) groups is 2. The molecule has 0 heterocycles. The van der Waals surface area contributed by atoms with Crippen molar-refractivity contribution in [2.75, 3.05) is 23.7 Å². The Labute approximate surface area is 227 Å². The molecule has 0 saturated carbocycles. The molecule has 0 aliphatic rings. The monoisotopic (exact) mass is 585 g/mol. The first kappa shape index (κ1) is 28.4. The van der Waals surface area contributed by atoms with E-state index in [-0.39, 0.29) is 18.9 Å². The van der Waals surface area contributed by atoms with Gasteiger partial charge in [-0.3, -0.25) is 13.9 Å². The van der Waals surface area contributed by atoms with Crippen LogP contribution in [-0.4, -0.2) is 50.5 Å². The number of hydrogen-bond acceptors (Lipinski definition) is 4. The minimum absolute atomic E-state index is 0.160. The van der Waals surface area contributed by atoms with E-state index in [2.05, 4.69) is 21.2 Å². The Morgan fingerprint density at radius 1 is 0.946 bits per heavy atom. The fraction of sp³-hybridized carbons (Fsp3) is 0.286. The summed E-state index contributed by atoms with van der Waals surface area (Å²) in [6.07, 6.45) is 1.36. The van der Waals surface area contributed by atoms with Crippen LogP contribution in [0.5, 0.6) is 0 Å². The Morgan fingerprint density at radius 3 is 2.19 bits per heavy atom. The molecule has 0 saturated heterocycles. The van der Waals surface area contributed by atoms with Gasteiger partial charge in [-0.05, 0) is 58.6 Å². The molecule has 3 rings (SSSR count). The van der Waals surface area contributed by atoms with Gasteiger partial charge < -0.3 is 10.2 Å². The van der Waals surface area contributed by atoms with E-state index < -0.39 is 28.5 Å². The van der Waals surface area contributed by atoms with E-state index in [0.29, 0.717) is 16.7 Å². The molecule has 1 N–H and O–H groups in total. The van der Waals surface area contributed by atoms with Crippen LogP contribution >= 0.6 is 15.9 Å². The normalized spacial score (nSPS) is 12.0. The minimum atomic E-state index is -3.81. The van der Waals surface area contributed by atoms with Gasteiger partial charge in [0.1, 0.15) is 12.6 Å². The summed E-state index contributed by atoms with van der Waals surface area (Å²) in [5.41, 5.74) is 3.10. The number of rotatable bonds is 11. The molecule has 0 aliphatic carbocycles. The van der Waals surface area contributed by atoms with E-state index in [1.54, 1.807) is 24.3 Å². The van der Waals surface area contributed by atoms with Crippen LogP contribution in [0.25, 0.3) is 0 Å². The Kier molecular flexibility index (Phi) is 9.88. The summed E-state index contributed by atoms with van der Waals surface area (Å²) in [7, 11) is -3.81. The van der Waals surface area contributed by atoms with Crippen LogP contribution in [0.15, 0.2) is 83.3 Å². The van der Waals surface area contributed by atoms with Crippen molar-refractivity contribution in [3.63, 3.8) is 0 Å². The fourth-order valence-corrected chi connectivity index (χ4v) is 5.54. The maximum Gasteiger partial charge on any atom is 0.244 e. The third-order valence-electron chi connectivity index (χ3n) is 6.02. The maximum atomic E-state index is 14.0. The first-order valence-corrected chi connectivity index (χ1v) is 14.6. The van der Waals surface area contributed by atoms with Gasteiger partial charge in [0.05, 0.1) is 11.9 Å². The zero-order chi connectivity index (χ0) is 27.0. The number of carbonyl (C=O) groups excluding carboxylic acids is 2. The molecule has 0 aliphatic heterocycles. The maximum absolute atomic E-state index is 14.0. The number of sulfonamides is 1. The van der Waals surface area contributed by atoms with Crippen molar-refractivity contribution in [3.8, 4) is 0 Å². The van der Waals surface area contributed by atoms with Crippen LogP contribution in [0.2, 0.25) is 0 Å². The average molecular weight is 587 g/mol. The van der Waals surface area contributed by atoms with Crippen LogP contribution in [0.3, 0.4) is 0 Å². The van der Waals surface area contributed by atoms with Gasteiger partial charge in [0.25, 0.3) is 0 Å². The highest BCUT2D eigenvalue weighted by Crippen LogP contribution is 2.28. The molecule has 0 aromatic heterocycles. The number of halogens is 1. The highest BCUT2D eigenvalue weighted by atomic mass is 79.9. The van der Waals surface area contributed by atoms with Gasteiger partial charge in [-0.2, -0.15) is 0 Å². The number of para-hydroxylation sites is 1. The third-order valence-corrected chi connectivity index (χ3v) is 7.82. The van der Waals surface area contributed by atoms with Crippen LogP contribution in [0, 0.1) is 6.92 Å². The highest BCUT2D eigenvalue weighted by molar-refractivity contribution is 9.10. The second-order valence-electron chi connectivity index (χ2n) is 8.77. The number of benzene rings is 3. The lowest BCUT2D eigenvalue weighted by atomic mass is 10.0. The number of aryl methyl sites for hydroxylation is 1. The predicted molar refractivity (Wildman–Crippen MR) is 151 cm³/mol. The lowest BCUT2D eigenvalue weighted by Crippen LogP contribution is -2.53. The van der Waals surface area contributed by atoms with E-state index in [1.807, 2.05) is 68.4 Å². The molecule has 0 bridgehead atoms. The van der Waals surface area contributed by atoms with Gasteiger partial charge in [-0.15, -0.1) is 0 Å². The summed E-state index contributed by atoms with van der Waals surface area (Å²) in [6, 6.07) is 23.1. The van der Waals surface area contributed by atoms with Crippen molar-refractivity contribution < 1.29 is 18.0 Å². The Morgan fingerprint density at radius 2 is 1.57 bits per heavy atom. The molecule has 0 radical (unpaired) electrons. The molecule has 2 amide bonds. The van der Waals surface area contributed by atoms with Crippen LogP contribution in [0.4, 0.5) is 5.69 Å². The summed E-state index contributed by atoms with van der Waals surface area (Å²) < 4.78 is 27.2. The Balaban J connectivity index is 2.06. The van der Waals surface area contributed by atoms with E-state index in [4.69, 9.17) is 0 Å². The number of hydrogen-bond donors (Lipinski definition) is 1. The smallest absolute Gasteiger partial charge is 0.244 e. The van der Waals surface area contributed by atoms with E-state index in [0.717, 1.165) is 27.3 Å². The number of nitrogens with zero attached hydrogens (tertiary/aromatic N) is 2. The fourth-order valence-electron chi connectivity index (χ4n) is 4.07. The lowest BCUT2D eigenvalue weighted by molar-refractivity contribution is -0.140. The molecule has 3 aromatic carbocycles. The van der Waals surface area contributed by atoms with Crippen molar-refractivity contribution in [1.29, 1.82) is 0 Å². The highest BCUT2D eigenvalue weighted by Gasteiger charge is 2.33. The van der Waals surface area contributed by atoms with E-state index in [9.17, 15) is 18.0 Å². The summed E-state index contributed by atoms with van der Waals surface area (Å²) in [5.74, 6) is -0.767. The molecule has 196 valence electrons. The first-order valence-electron chi connectivity index (χ1n) is 12.0. The van der Waals surface area contributed by atoms with Crippen molar-refractivity contribution in [1.82, 2.24) is 10.2 Å². The topological polar surface area (TPSA) is 86.8 Å². The van der Waals surface area contributed by atoms with Gasteiger partial charge in [0.15, 0.2) is 0 Å². The minimum Gasteiger partial charge on any atom is -0.355 e. The lowest BCUT2D eigenvalue weighted by Gasteiger charge is -2.34. The zero-order valence-electron chi connectivity index (χ0n) is 21.2. The Hall–Kier alpha value is -3.17. The van der Waals surface area contributed by atoms with E-state index in [1.165, 1.54) is 4.90 Å². The van der Waals surface area contributed by atoms with Crippen LogP contribution < -0.4 is 9.62 Å². The number of likely N-dealkylation sites (N-methyl/N-ethyl adjacent to an activating group) is 1. The van der Waals surface area contributed by atoms with Gasteiger partial charge >= 0.3 is 0 Å². The van der Waals surface area contributed by atoms with Crippen LogP contribution in [0.1, 0.15) is 23.6 Å². The van der Waals surface area contributed by atoms with Gasteiger partial charge in [0.2, 0.25) is 21.8 Å². The molecule has 1 atom stereocenters. The average Bonchev–Trinajstić information content (AvgIpc) is 2.86. The summed E-state index contributed by atoms with van der Waals surface area (Å²) in [6.45, 7) is 3.89. The van der Waals surface area contributed by atoms with Crippen molar-refractivity contribution in [2.24, 2.45) is 0 Å². The number of amides is 2. The first-order chi connectivity index (χ1) is 17.6. The van der Waals surface area contributed by atoms with Crippen molar-refractivity contribution in [2.45, 2.75) is 32.9 Å². The van der Waals surface area contributed by atoms with Gasteiger partial charge in [-0.25, -0.2) is 8.42 Å². The van der Waals surface area contributed by atoms with E-state index >= 15 is 0 Å². The second-order valence-corrected chi connectivity index (χ2v) is 11.5. The molecule has 37 heavy (non-hydrogen) atoms. The molecular weight excluding hydrogens is 554 g/mol. The number of nitrogens with one attached hydrogen (secondary N) is 1. The molecule has 3 aromatic rings. The third kappa shape index (κ3) is 7.66. The molecule has 0 unspecified atom stereocenters. The molecule has 0 fully saturated rings. The van der Waals surface area contributed by atoms with Crippen molar-refractivity contribution >= 4 is 43.5 Å². The molecular formula is C28H32BrN3O4S. The summed E-state index contributed by atoms with van der Waals surface area (Å²) in [5, 5.41) is 2.85. The Bertz CT molecular complexity index is 1330. The molecule has 9 heteroatoms. The van der Waals surface area contributed by atoms with Crippen molar-refractivity contribution in [3.05, 3.63) is 100 Å². The SMILES string of the molecule is CCNC(=O)[C@@H](Cc1ccccc1)N(Cc1ccccc1C)C(=O)CN(c1ccccc1Br)S(C)(=O)=O. The number of anilines is 1. The second kappa shape index (κ2) is 12.9. The quantitative estimate of drug-likeness (QED) is 0.363. The molecule has 0 spiro atoms. The van der Waals surface area contributed by atoms with Gasteiger partial charge in [-0.1, -0.05) is 66.7 Å². The predicted octanol–water partition coefficient (Wildman–Crippen LogP) is 4.30. The van der Waals surface area contributed by atoms with Gasteiger partial charge in [0, 0.05) is 24.0 Å². The van der Waals surface area contributed by atoms with Crippen LogP contribution in [-0.2, 0) is 32.6 Å².